The van der Waals surface area contributed by atoms with Crippen LogP contribution < -0.4 is 0 Å². The highest BCUT2D eigenvalue weighted by molar-refractivity contribution is 8.00. The summed E-state index contributed by atoms with van der Waals surface area (Å²) < 4.78 is 0. The van der Waals surface area contributed by atoms with Gasteiger partial charge in [0, 0.05) is 15.5 Å². The average molecular weight is 306 g/mol. The third-order valence-electron chi connectivity index (χ3n) is 2.16. The van der Waals surface area contributed by atoms with Crippen LogP contribution in [0.5, 0.6) is 0 Å². The molecule has 0 aliphatic heterocycles. The maximum Gasteiger partial charge on any atom is 0.130 e. The molecule has 106 valence electrons. The van der Waals surface area contributed by atoms with Gasteiger partial charge < -0.3 is 9.90 Å². The number of rotatable bonds is 6. The average Bonchev–Trinajstić information content (AvgIpc) is 2.53. The zero-order valence-corrected chi connectivity index (χ0v) is 12.8. The van der Waals surface area contributed by atoms with Gasteiger partial charge >= 0.3 is 0 Å². The Kier molecular flexibility index (Phi) is 9.74. The molecule has 0 fully saturated rings. The van der Waals surface area contributed by atoms with Crippen LogP contribution in [-0.4, -0.2) is 29.5 Å². The molecule has 4 heteroatoms. The molecule has 0 radical (unpaired) electrons. The summed E-state index contributed by atoms with van der Waals surface area (Å²) >= 11 is 3.22. The van der Waals surface area contributed by atoms with Crippen molar-refractivity contribution in [2.75, 3.05) is 18.1 Å². The van der Waals surface area contributed by atoms with E-state index in [0.717, 1.165) is 16.9 Å². The molecule has 0 aliphatic carbocycles. The van der Waals surface area contributed by atoms with Gasteiger partial charge in [0.15, 0.2) is 0 Å². The van der Waals surface area contributed by atoms with Gasteiger partial charge in [0.1, 0.15) is 6.29 Å². The highest BCUT2D eigenvalue weighted by atomic mass is 32.2. The first-order chi connectivity index (χ1) is 9.86. The van der Waals surface area contributed by atoms with Gasteiger partial charge in [-0.3, -0.25) is 0 Å². The van der Waals surface area contributed by atoms with Crippen molar-refractivity contribution >= 4 is 29.8 Å². The number of hydrogen-bond acceptors (Lipinski definition) is 4. The molecule has 2 rings (SSSR count). The monoisotopic (exact) mass is 306 g/mol. The van der Waals surface area contributed by atoms with Crippen LogP contribution >= 0.6 is 23.5 Å². The van der Waals surface area contributed by atoms with Crippen molar-refractivity contribution in [2.24, 2.45) is 0 Å². The number of hydrogen-bond donors (Lipinski definition) is 1. The Balaban J connectivity index is 0.000000200. The Labute approximate surface area is 128 Å². The lowest BCUT2D eigenvalue weighted by atomic mass is 10.4. The van der Waals surface area contributed by atoms with Gasteiger partial charge in [-0.05, 0) is 24.3 Å². The van der Waals surface area contributed by atoms with Gasteiger partial charge in [-0.2, -0.15) is 0 Å². The molecule has 0 amide bonds. The molecule has 0 aliphatic rings. The van der Waals surface area contributed by atoms with Crippen molar-refractivity contribution in [1.82, 2.24) is 0 Å². The van der Waals surface area contributed by atoms with E-state index >= 15 is 0 Å². The van der Waals surface area contributed by atoms with E-state index < -0.39 is 0 Å². The van der Waals surface area contributed by atoms with Crippen LogP contribution in [0.2, 0.25) is 0 Å². The van der Waals surface area contributed by atoms with E-state index in [1.165, 1.54) is 4.90 Å². The van der Waals surface area contributed by atoms with Crippen molar-refractivity contribution in [3.63, 3.8) is 0 Å². The van der Waals surface area contributed by atoms with Gasteiger partial charge in [0.05, 0.1) is 12.4 Å². The van der Waals surface area contributed by atoms with E-state index in [2.05, 4.69) is 0 Å². The number of benzene rings is 2. The quantitative estimate of drug-likeness (QED) is 0.651. The van der Waals surface area contributed by atoms with Crippen LogP contribution in [0.1, 0.15) is 0 Å². The highest BCUT2D eigenvalue weighted by Crippen LogP contribution is 2.15. The molecule has 2 aromatic rings. The normalized spacial score (nSPS) is 9.45. The SMILES string of the molecule is O=CCSc1ccccc1.OCCSc1ccccc1. The Morgan fingerprint density at radius 3 is 1.80 bits per heavy atom. The summed E-state index contributed by atoms with van der Waals surface area (Å²) in [7, 11) is 0. The van der Waals surface area contributed by atoms with Gasteiger partial charge in [-0.1, -0.05) is 36.4 Å². The fraction of sp³-hybridized carbons (Fsp3) is 0.188. The van der Waals surface area contributed by atoms with E-state index in [4.69, 9.17) is 5.11 Å². The van der Waals surface area contributed by atoms with Gasteiger partial charge in [0.25, 0.3) is 0 Å². The predicted octanol–water partition coefficient (Wildman–Crippen LogP) is 3.75. The molecule has 2 aromatic carbocycles. The summed E-state index contributed by atoms with van der Waals surface area (Å²) in [5, 5.41) is 8.51. The molecule has 0 heterocycles. The van der Waals surface area contributed by atoms with E-state index in [9.17, 15) is 4.79 Å². The molecule has 20 heavy (non-hydrogen) atoms. The summed E-state index contributed by atoms with van der Waals surface area (Å²) in [4.78, 5) is 12.3. The minimum atomic E-state index is 0.250. The topological polar surface area (TPSA) is 37.3 Å². The number of aliphatic hydroxyl groups excluding tert-OH is 1. The first-order valence-corrected chi connectivity index (χ1v) is 8.24. The van der Waals surface area contributed by atoms with E-state index in [1.54, 1.807) is 23.5 Å². The summed E-state index contributed by atoms with van der Waals surface area (Å²) in [6.07, 6.45) is 0.914. The number of thioether (sulfide) groups is 2. The van der Waals surface area contributed by atoms with Crippen LogP contribution in [0.15, 0.2) is 70.5 Å². The molecular formula is C16H18O2S2. The summed E-state index contributed by atoms with van der Waals surface area (Å²) in [6.45, 7) is 0.250. The molecule has 0 spiro atoms. The number of aldehydes is 1. The van der Waals surface area contributed by atoms with Gasteiger partial charge in [-0.25, -0.2) is 0 Å². The minimum Gasteiger partial charge on any atom is -0.396 e. The maximum absolute atomic E-state index is 9.96. The van der Waals surface area contributed by atoms with Gasteiger partial charge in [-0.15, -0.1) is 23.5 Å². The lowest BCUT2D eigenvalue weighted by molar-refractivity contribution is -0.105. The maximum atomic E-state index is 9.96. The summed E-state index contributed by atoms with van der Waals surface area (Å²) in [6, 6.07) is 20.0. The highest BCUT2D eigenvalue weighted by Gasteiger charge is 1.88. The van der Waals surface area contributed by atoms with Crippen molar-refractivity contribution in [3.8, 4) is 0 Å². The molecule has 0 unspecified atom stereocenters. The number of carbonyl (C=O) groups is 1. The lowest BCUT2D eigenvalue weighted by Gasteiger charge is -1.95. The van der Waals surface area contributed by atoms with Crippen molar-refractivity contribution in [1.29, 1.82) is 0 Å². The minimum absolute atomic E-state index is 0.250. The smallest absolute Gasteiger partial charge is 0.130 e. The van der Waals surface area contributed by atoms with Crippen LogP contribution in [-0.2, 0) is 4.79 Å². The Morgan fingerprint density at radius 1 is 0.850 bits per heavy atom. The summed E-state index contributed by atoms with van der Waals surface area (Å²) in [5.41, 5.74) is 0. The fourth-order valence-electron chi connectivity index (χ4n) is 1.33. The van der Waals surface area contributed by atoms with Gasteiger partial charge in [0.2, 0.25) is 0 Å². The second-order valence-electron chi connectivity index (χ2n) is 3.68. The molecule has 0 saturated carbocycles. The van der Waals surface area contributed by atoms with Crippen LogP contribution in [0, 0.1) is 0 Å². The first kappa shape index (κ1) is 16.8. The second-order valence-corrected chi connectivity index (χ2v) is 5.94. The molecule has 0 aromatic heterocycles. The van der Waals surface area contributed by atoms with Crippen LogP contribution in [0.3, 0.4) is 0 Å². The second kappa shape index (κ2) is 11.6. The number of aliphatic hydroxyl groups is 1. The number of carbonyl (C=O) groups excluding carboxylic acids is 1. The first-order valence-electron chi connectivity index (χ1n) is 6.27. The molecule has 0 bridgehead atoms. The van der Waals surface area contributed by atoms with Crippen molar-refractivity contribution in [2.45, 2.75) is 9.79 Å². The molecule has 0 atom stereocenters. The molecule has 2 nitrogen and oxygen atoms in total. The Morgan fingerprint density at radius 2 is 1.35 bits per heavy atom. The van der Waals surface area contributed by atoms with E-state index in [0.29, 0.717) is 5.75 Å². The van der Waals surface area contributed by atoms with Crippen molar-refractivity contribution < 1.29 is 9.90 Å². The summed E-state index contributed by atoms with van der Waals surface area (Å²) in [5.74, 6) is 1.33. The van der Waals surface area contributed by atoms with Crippen LogP contribution in [0.4, 0.5) is 0 Å². The predicted molar refractivity (Wildman–Crippen MR) is 87.5 cm³/mol. The van der Waals surface area contributed by atoms with Crippen LogP contribution in [0.25, 0.3) is 0 Å². The largest absolute Gasteiger partial charge is 0.396 e. The zero-order valence-electron chi connectivity index (χ0n) is 11.1. The molecule has 1 N–H and O–H groups in total. The molecule has 0 saturated heterocycles. The Hall–Kier alpha value is -1.23. The van der Waals surface area contributed by atoms with Crippen molar-refractivity contribution in [3.05, 3.63) is 60.7 Å². The third-order valence-corrected chi connectivity index (χ3v) is 4.06. The third kappa shape index (κ3) is 8.04. The molecular weight excluding hydrogens is 288 g/mol. The standard InChI is InChI=1S/C8H10OS.C8H8OS/c2*9-6-7-10-8-4-2-1-3-5-8/h1-5,9H,6-7H2;1-6H,7H2. The van der Waals surface area contributed by atoms with E-state index in [1.807, 2.05) is 60.7 Å². The fourth-order valence-corrected chi connectivity index (χ4v) is 2.61. The van der Waals surface area contributed by atoms with E-state index in [-0.39, 0.29) is 6.61 Å². The lowest BCUT2D eigenvalue weighted by Crippen LogP contribution is -1.84. The Bertz CT molecular complexity index is 460. The zero-order chi connectivity index (χ0) is 14.5.